The number of nitrogens with one attached hydrogen (secondary N) is 1. The Labute approximate surface area is 141 Å². The van der Waals surface area contributed by atoms with Crippen molar-refractivity contribution in [3.05, 3.63) is 46.4 Å². The fourth-order valence-electron chi connectivity index (χ4n) is 3.08. The number of rotatable bonds is 4. The molecule has 1 aromatic heterocycles. The number of aryl methyl sites for hydroxylation is 1. The summed E-state index contributed by atoms with van der Waals surface area (Å²) in [5, 5.41) is 4.25. The molecule has 1 atom stereocenters. The van der Waals surface area contributed by atoms with Crippen molar-refractivity contribution in [1.82, 2.24) is 14.8 Å². The highest BCUT2D eigenvalue weighted by molar-refractivity contribution is 6.06. The average Bonchev–Trinajstić information content (AvgIpc) is 2.63. The van der Waals surface area contributed by atoms with E-state index in [1.807, 2.05) is 18.2 Å². The van der Waals surface area contributed by atoms with Gasteiger partial charge in [-0.25, -0.2) is 0 Å². The van der Waals surface area contributed by atoms with Gasteiger partial charge < -0.3 is 14.6 Å². The molecular formula is C18H23N3O3. The van der Waals surface area contributed by atoms with Gasteiger partial charge in [0.15, 0.2) is 0 Å². The van der Waals surface area contributed by atoms with Gasteiger partial charge in [0.25, 0.3) is 11.5 Å². The molecule has 1 aromatic carbocycles. The Kier molecular flexibility index (Phi) is 4.97. The molecule has 128 valence electrons. The van der Waals surface area contributed by atoms with Crippen LogP contribution < -0.4 is 10.9 Å². The van der Waals surface area contributed by atoms with E-state index in [-0.39, 0.29) is 17.5 Å². The Hall–Kier alpha value is -2.18. The summed E-state index contributed by atoms with van der Waals surface area (Å²) in [6.07, 6.45) is 1.61. The molecule has 0 aliphatic carbocycles. The van der Waals surface area contributed by atoms with Crippen LogP contribution in [-0.2, 0) is 11.8 Å². The number of pyridine rings is 1. The van der Waals surface area contributed by atoms with Crippen LogP contribution >= 0.6 is 0 Å². The number of hydrogen-bond acceptors (Lipinski definition) is 4. The molecule has 1 saturated heterocycles. The lowest BCUT2D eigenvalue weighted by Crippen LogP contribution is -2.47. The molecule has 24 heavy (non-hydrogen) atoms. The van der Waals surface area contributed by atoms with Crippen LogP contribution in [0.2, 0.25) is 0 Å². The van der Waals surface area contributed by atoms with E-state index >= 15 is 0 Å². The molecule has 0 unspecified atom stereocenters. The number of fused-ring (bicyclic) bond motifs is 1. The number of carbonyl (C=O) groups excluding carboxylic acids is 1. The normalized spacial score (nSPS) is 16.9. The lowest BCUT2D eigenvalue weighted by atomic mass is 10.1. The van der Waals surface area contributed by atoms with E-state index in [4.69, 9.17) is 4.74 Å². The maximum Gasteiger partial charge on any atom is 0.258 e. The van der Waals surface area contributed by atoms with Crippen LogP contribution in [0.25, 0.3) is 10.8 Å². The van der Waals surface area contributed by atoms with E-state index in [0.717, 1.165) is 26.3 Å². The lowest BCUT2D eigenvalue weighted by molar-refractivity contribution is 0.0204. The highest BCUT2D eigenvalue weighted by Gasteiger charge is 2.19. The predicted molar refractivity (Wildman–Crippen MR) is 93.4 cm³/mol. The van der Waals surface area contributed by atoms with Gasteiger partial charge in [-0.05, 0) is 13.0 Å². The smallest absolute Gasteiger partial charge is 0.258 e. The summed E-state index contributed by atoms with van der Waals surface area (Å²) in [5.74, 6) is -0.151. The molecule has 0 spiro atoms. The second-order valence-corrected chi connectivity index (χ2v) is 6.21. The Bertz CT molecular complexity index is 794. The van der Waals surface area contributed by atoms with Crippen molar-refractivity contribution >= 4 is 16.7 Å². The molecule has 1 fully saturated rings. The number of carbonyl (C=O) groups is 1. The number of nitrogens with zero attached hydrogens (tertiary/aromatic N) is 2. The zero-order valence-corrected chi connectivity index (χ0v) is 14.1. The molecule has 6 heteroatoms. The molecule has 1 aliphatic heterocycles. The Morgan fingerprint density at radius 3 is 2.62 bits per heavy atom. The number of benzene rings is 1. The Balaban J connectivity index is 1.77. The highest BCUT2D eigenvalue weighted by Crippen LogP contribution is 2.15. The van der Waals surface area contributed by atoms with Gasteiger partial charge in [0.2, 0.25) is 0 Å². The largest absolute Gasteiger partial charge is 0.379 e. The quantitative estimate of drug-likeness (QED) is 0.909. The fraction of sp³-hybridized carbons (Fsp3) is 0.444. The second kappa shape index (κ2) is 7.15. The van der Waals surface area contributed by atoms with Crippen molar-refractivity contribution < 1.29 is 9.53 Å². The van der Waals surface area contributed by atoms with E-state index in [0.29, 0.717) is 22.9 Å². The summed E-state index contributed by atoms with van der Waals surface area (Å²) in [7, 11) is 1.67. The standard InChI is InChI=1S/C18H23N3O3/c1-13(21-7-9-24-10-8-21)11-19-17(22)16-12-20(2)18(23)15-6-4-3-5-14(15)16/h3-6,12-13H,7-11H2,1-2H3,(H,19,22)/t13-/m0/s1. The zero-order chi connectivity index (χ0) is 17.1. The minimum atomic E-state index is -0.151. The summed E-state index contributed by atoms with van der Waals surface area (Å²) in [6.45, 7) is 5.92. The van der Waals surface area contributed by atoms with Gasteiger partial charge in [-0.2, -0.15) is 0 Å². The van der Waals surface area contributed by atoms with Gasteiger partial charge >= 0.3 is 0 Å². The van der Waals surface area contributed by atoms with Crippen molar-refractivity contribution in [3.8, 4) is 0 Å². The van der Waals surface area contributed by atoms with Crippen LogP contribution in [0.1, 0.15) is 17.3 Å². The van der Waals surface area contributed by atoms with Crippen LogP contribution in [0, 0.1) is 0 Å². The maximum atomic E-state index is 12.6. The van der Waals surface area contributed by atoms with Gasteiger partial charge in [-0.1, -0.05) is 18.2 Å². The van der Waals surface area contributed by atoms with Crippen LogP contribution in [0.4, 0.5) is 0 Å². The molecular weight excluding hydrogens is 306 g/mol. The monoisotopic (exact) mass is 329 g/mol. The molecule has 6 nitrogen and oxygen atoms in total. The van der Waals surface area contributed by atoms with Crippen molar-refractivity contribution in [2.24, 2.45) is 7.05 Å². The van der Waals surface area contributed by atoms with Crippen molar-refractivity contribution in [2.75, 3.05) is 32.8 Å². The molecule has 0 bridgehead atoms. The highest BCUT2D eigenvalue weighted by atomic mass is 16.5. The summed E-state index contributed by atoms with van der Waals surface area (Å²) in [6, 6.07) is 7.47. The molecule has 2 aromatic rings. The summed E-state index contributed by atoms with van der Waals surface area (Å²) in [5.41, 5.74) is 0.436. The van der Waals surface area contributed by atoms with Crippen molar-refractivity contribution in [3.63, 3.8) is 0 Å². The molecule has 2 heterocycles. The van der Waals surface area contributed by atoms with Crippen LogP contribution in [0.3, 0.4) is 0 Å². The molecule has 0 radical (unpaired) electrons. The van der Waals surface area contributed by atoms with E-state index in [9.17, 15) is 9.59 Å². The number of hydrogen-bond donors (Lipinski definition) is 1. The van der Waals surface area contributed by atoms with Crippen molar-refractivity contribution in [2.45, 2.75) is 13.0 Å². The minimum Gasteiger partial charge on any atom is -0.379 e. The first kappa shape index (κ1) is 16.7. The Morgan fingerprint density at radius 1 is 1.25 bits per heavy atom. The third-order valence-electron chi connectivity index (χ3n) is 4.56. The van der Waals surface area contributed by atoms with E-state index in [1.54, 1.807) is 19.3 Å². The van der Waals surface area contributed by atoms with Gasteiger partial charge in [-0.3, -0.25) is 14.5 Å². The van der Waals surface area contributed by atoms with Crippen LogP contribution in [-0.4, -0.2) is 54.3 Å². The number of aromatic nitrogens is 1. The number of morpholine rings is 1. The average molecular weight is 329 g/mol. The first-order valence-corrected chi connectivity index (χ1v) is 8.26. The van der Waals surface area contributed by atoms with Crippen LogP contribution in [0.15, 0.2) is 35.3 Å². The first-order valence-electron chi connectivity index (χ1n) is 8.26. The van der Waals surface area contributed by atoms with E-state index < -0.39 is 0 Å². The first-order chi connectivity index (χ1) is 11.6. The third-order valence-corrected chi connectivity index (χ3v) is 4.56. The van der Waals surface area contributed by atoms with Gasteiger partial charge in [0.1, 0.15) is 0 Å². The van der Waals surface area contributed by atoms with E-state index in [2.05, 4.69) is 17.1 Å². The topological polar surface area (TPSA) is 63.6 Å². The van der Waals surface area contributed by atoms with Crippen LogP contribution in [0.5, 0.6) is 0 Å². The molecule has 1 amide bonds. The molecule has 0 saturated carbocycles. The summed E-state index contributed by atoms with van der Waals surface area (Å²) in [4.78, 5) is 27.1. The lowest BCUT2D eigenvalue weighted by Gasteiger charge is -2.32. The van der Waals surface area contributed by atoms with Gasteiger partial charge in [0.05, 0.1) is 18.8 Å². The molecule has 1 aliphatic rings. The fourth-order valence-corrected chi connectivity index (χ4v) is 3.08. The third kappa shape index (κ3) is 3.34. The zero-order valence-electron chi connectivity index (χ0n) is 14.1. The summed E-state index contributed by atoms with van der Waals surface area (Å²) < 4.78 is 6.82. The van der Waals surface area contributed by atoms with Gasteiger partial charge in [0, 0.05) is 49.7 Å². The van der Waals surface area contributed by atoms with E-state index in [1.165, 1.54) is 4.57 Å². The number of amides is 1. The molecule has 3 rings (SSSR count). The number of ether oxygens (including phenoxy) is 1. The Morgan fingerprint density at radius 2 is 1.92 bits per heavy atom. The summed E-state index contributed by atoms with van der Waals surface area (Å²) >= 11 is 0. The maximum absolute atomic E-state index is 12.6. The van der Waals surface area contributed by atoms with Gasteiger partial charge in [-0.15, -0.1) is 0 Å². The SMILES string of the molecule is C[C@@H](CNC(=O)c1cn(C)c(=O)c2ccccc12)N1CCOCC1. The minimum absolute atomic E-state index is 0.0937. The van der Waals surface area contributed by atoms with Crippen molar-refractivity contribution in [1.29, 1.82) is 0 Å². The second-order valence-electron chi connectivity index (χ2n) is 6.21. The predicted octanol–water partition coefficient (Wildman–Crippen LogP) is 0.989. The molecule has 1 N–H and O–H groups in total.